The van der Waals surface area contributed by atoms with Gasteiger partial charge in [-0.05, 0) is 25.2 Å². The number of carbonyl (C=O) groups excluding carboxylic acids is 1. The molecule has 3 aliphatic rings. The summed E-state index contributed by atoms with van der Waals surface area (Å²) in [7, 11) is 0. The van der Waals surface area contributed by atoms with E-state index < -0.39 is 6.16 Å². The third-order valence-electron chi connectivity index (χ3n) is 3.54. The molecule has 72 valence electrons. The lowest BCUT2D eigenvalue weighted by Crippen LogP contribution is -2.42. The second-order valence-electron chi connectivity index (χ2n) is 4.16. The maximum Gasteiger partial charge on any atom is 0.508 e. The van der Waals surface area contributed by atoms with Crippen molar-refractivity contribution in [3.8, 4) is 0 Å². The summed E-state index contributed by atoms with van der Waals surface area (Å²) in [6.07, 6.45) is 3.07. The normalized spacial score (nSPS) is 52.7. The minimum Gasteiger partial charge on any atom is -0.431 e. The van der Waals surface area contributed by atoms with E-state index in [2.05, 4.69) is 15.9 Å². The zero-order valence-electron chi connectivity index (χ0n) is 7.11. The van der Waals surface area contributed by atoms with E-state index in [4.69, 9.17) is 9.47 Å². The lowest BCUT2D eigenvalue weighted by molar-refractivity contribution is -0.0808. The number of hydrogen-bond donors (Lipinski definition) is 0. The molecule has 0 aromatic carbocycles. The van der Waals surface area contributed by atoms with Crippen LogP contribution in [0.5, 0.6) is 0 Å². The highest BCUT2D eigenvalue weighted by Gasteiger charge is 2.55. The Bertz CT molecular complexity index is 255. The van der Waals surface area contributed by atoms with Gasteiger partial charge in [-0.15, -0.1) is 0 Å². The van der Waals surface area contributed by atoms with Gasteiger partial charge in [0.15, 0.2) is 0 Å². The Kier molecular flexibility index (Phi) is 1.63. The number of carbonyl (C=O) groups is 1. The smallest absolute Gasteiger partial charge is 0.431 e. The van der Waals surface area contributed by atoms with E-state index >= 15 is 0 Å². The van der Waals surface area contributed by atoms with Gasteiger partial charge in [0.2, 0.25) is 0 Å². The molecule has 0 N–H and O–H groups in total. The van der Waals surface area contributed by atoms with Crippen LogP contribution >= 0.6 is 15.9 Å². The van der Waals surface area contributed by atoms with Gasteiger partial charge in [0.1, 0.15) is 12.2 Å². The van der Waals surface area contributed by atoms with Crippen LogP contribution in [0.25, 0.3) is 0 Å². The van der Waals surface area contributed by atoms with Crippen molar-refractivity contribution in [1.29, 1.82) is 0 Å². The Morgan fingerprint density at radius 3 is 3.00 bits per heavy atom. The van der Waals surface area contributed by atoms with E-state index in [9.17, 15) is 4.79 Å². The maximum absolute atomic E-state index is 11.1. The second kappa shape index (κ2) is 2.62. The highest BCUT2D eigenvalue weighted by molar-refractivity contribution is 9.09. The Balaban J connectivity index is 1.92. The third-order valence-corrected chi connectivity index (χ3v) is 4.43. The van der Waals surface area contributed by atoms with Crippen LogP contribution in [0.3, 0.4) is 0 Å². The fourth-order valence-corrected chi connectivity index (χ4v) is 3.98. The predicted octanol–water partition coefficient (Wildman–Crippen LogP) is 2.08. The van der Waals surface area contributed by atoms with E-state index in [0.717, 1.165) is 12.8 Å². The van der Waals surface area contributed by atoms with E-state index in [0.29, 0.717) is 16.7 Å². The molecule has 0 unspecified atom stereocenters. The van der Waals surface area contributed by atoms with Gasteiger partial charge in [0.05, 0.1) is 4.83 Å². The molecule has 5 atom stereocenters. The molecule has 0 aromatic heterocycles. The van der Waals surface area contributed by atoms with E-state index in [1.807, 2.05) is 0 Å². The minimum absolute atomic E-state index is 0.0683. The number of halogens is 1. The zero-order valence-corrected chi connectivity index (χ0v) is 8.70. The van der Waals surface area contributed by atoms with Crippen molar-refractivity contribution in [3.05, 3.63) is 0 Å². The van der Waals surface area contributed by atoms with Gasteiger partial charge in [0, 0.05) is 5.92 Å². The topological polar surface area (TPSA) is 35.5 Å². The summed E-state index contributed by atoms with van der Waals surface area (Å²) in [6.45, 7) is 0. The first-order chi connectivity index (χ1) is 6.25. The van der Waals surface area contributed by atoms with Crippen LogP contribution in [-0.4, -0.2) is 23.2 Å². The fourth-order valence-electron chi connectivity index (χ4n) is 3.04. The van der Waals surface area contributed by atoms with Crippen LogP contribution in [0.2, 0.25) is 0 Å². The molecule has 0 radical (unpaired) electrons. The molecule has 3 nitrogen and oxygen atoms in total. The number of rotatable bonds is 0. The monoisotopic (exact) mass is 246 g/mol. The van der Waals surface area contributed by atoms with Crippen LogP contribution in [-0.2, 0) is 9.47 Å². The van der Waals surface area contributed by atoms with E-state index in [-0.39, 0.29) is 12.2 Å². The van der Waals surface area contributed by atoms with Crippen LogP contribution in [0.15, 0.2) is 0 Å². The summed E-state index contributed by atoms with van der Waals surface area (Å²) in [5.41, 5.74) is 0. The summed E-state index contributed by atoms with van der Waals surface area (Å²) >= 11 is 3.58. The SMILES string of the molecule is O=C1O[C@@H]2[C@H]3[C@H](CC[C@H]3O1)C[C@H]2Br. The lowest BCUT2D eigenvalue weighted by atomic mass is 9.97. The number of hydrogen-bond acceptors (Lipinski definition) is 3. The molecule has 1 heterocycles. The highest BCUT2D eigenvalue weighted by Crippen LogP contribution is 2.51. The molecule has 2 saturated carbocycles. The zero-order chi connectivity index (χ0) is 9.00. The summed E-state index contributed by atoms with van der Waals surface area (Å²) in [5.74, 6) is 1.16. The van der Waals surface area contributed by atoms with Crippen molar-refractivity contribution in [2.75, 3.05) is 0 Å². The molecule has 3 rings (SSSR count). The summed E-state index contributed by atoms with van der Waals surface area (Å²) in [5, 5.41) is 0. The molecule has 4 heteroatoms. The molecule has 0 spiro atoms. The van der Waals surface area contributed by atoms with Crippen molar-refractivity contribution in [1.82, 2.24) is 0 Å². The van der Waals surface area contributed by atoms with E-state index in [1.165, 1.54) is 6.42 Å². The first-order valence-corrected chi connectivity index (χ1v) is 5.68. The third kappa shape index (κ3) is 1.04. The van der Waals surface area contributed by atoms with Crippen LogP contribution < -0.4 is 0 Å². The molecule has 3 fully saturated rings. The second-order valence-corrected chi connectivity index (χ2v) is 5.33. The Labute approximate surface area is 84.9 Å². The van der Waals surface area contributed by atoms with Gasteiger partial charge in [-0.2, -0.15) is 0 Å². The molecule has 1 aliphatic heterocycles. The van der Waals surface area contributed by atoms with Gasteiger partial charge in [-0.1, -0.05) is 15.9 Å². The molecule has 2 aliphatic carbocycles. The molecular weight excluding hydrogens is 236 g/mol. The quantitative estimate of drug-likeness (QED) is 0.485. The minimum atomic E-state index is -0.474. The lowest BCUT2D eigenvalue weighted by Gasteiger charge is -2.31. The average Bonchev–Trinajstić information content (AvgIpc) is 2.59. The first kappa shape index (κ1) is 8.09. The maximum atomic E-state index is 11.1. The van der Waals surface area contributed by atoms with Gasteiger partial charge >= 0.3 is 6.16 Å². The van der Waals surface area contributed by atoms with Gasteiger partial charge in [0.25, 0.3) is 0 Å². The average molecular weight is 247 g/mol. The molecule has 0 bridgehead atoms. The van der Waals surface area contributed by atoms with Crippen molar-refractivity contribution in [2.24, 2.45) is 11.8 Å². The van der Waals surface area contributed by atoms with Crippen LogP contribution in [0.4, 0.5) is 4.79 Å². The van der Waals surface area contributed by atoms with Gasteiger partial charge in [-0.25, -0.2) is 4.79 Å². The highest BCUT2D eigenvalue weighted by atomic mass is 79.9. The number of ether oxygens (including phenoxy) is 2. The van der Waals surface area contributed by atoms with Crippen molar-refractivity contribution >= 4 is 22.1 Å². The molecular formula is C9H11BrO3. The van der Waals surface area contributed by atoms with E-state index in [1.54, 1.807) is 0 Å². The van der Waals surface area contributed by atoms with Crippen molar-refractivity contribution in [3.63, 3.8) is 0 Å². The van der Waals surface area contributed by atoms with Crippen LogP contribution in [0, 0.1) is 11.8 Å². The molecule has 0 amide bonds. The molecule has 1 saturated heterocycles. The summed E-state index contributed by atoms with van der Waals surface area (Å²) in [4.78, 5) is 11.4. The van der Waals surface area contributed by atoms with Crippen LogP contribution in [0.1, 0.15) is 19.3 Å². The largest absolute Gasteiger partial charge is 0.508 e. The van der Waals surface area contributed by atoms with Crippen molar-refractivity contribution < 1.29 is 14.3 Å². The van der Waals surface area contributed by atoms with Crippen molar-refractivity contribution in [2.45, 2.75) is 36.3 Å². The Morgan fingerprint density at radius 2 is 2.15 bits per heavy atom. The Hall–Kier alpha value is -0.250. The molecule has 13 heavy (non-hydrogen) atoms. The standard InChI is InChI=1S/C9H11BrO3/c10-5-3-4-1-2-6-7(4)8(5)13-9(11)12-6/h4-8H,1-3H2/t4-,5-,6-,7+,8+/m1/s1. The van der Waals surface area contributed by atoms with Gasteiger partial charge < -0.3 is 9.47 Å². The fraction of sp³-hybridized carbons (Fsp3) is 0.889. The first-order valence-electron chi connectivity index (χ1n) is 4.77. The number of alkyl halides is 1. The van der Waals surface area contributed by atoms with Gasteiger partial charge in [-0.3, -0.25) is 0 Å². The summed E-state index contributed by atoms with van der Waals surface area (Å²) < 4.78 is 10.4. The predicted molar refractivity (Wildman–Crippen MR) is 48.7 cm³/mol. The Morgan fingerprint density at radius 1 is 1.31 bits per heavy atom. The summed E-state index contributed by atoms with van der Waals surface area (Å²) in [6, 6.07) is 0. The molecule has 0 aromatic rings.